The van der Waals surface area contributed by atoms with E-state index in [9.17, 15) is 0 Å². The van der Waals surface area contributed by atoms with Gasteiger partial charge in [-0.2, -0.15) is 0 Å². The molecule has 2 heterocycles. The Hall–Kier alpha value is -9.09. The maximum atomic E-state index is 2.66. The number of rotatable bonds is 7. The Balaban J connectivity index is 1.02. The number of anilines is 5. The maximum absolute atomic E-state index is 2.66. The third kappa shape index (κ3) is 6.76. The smallest absolute Gasteiger partial charge is 0.0791 e. The Morgan fingerprint density at radius 3 is 1.82 bits per heavy atom. The molecule has 5 aliphatic carbocycles. The summed E-state index contributed by atoms with van der Waals surface area (Å²) in [5, 5.41) is 2.48. The molecule has 11 aromatic rings. The predicted molar refractivity (Wildman–Crippen MR) is 348 cm³/mol. The number of para-hydroxylation sites is 4. The van der Waals surface area contributed by atoms with Crippen molar-refractivity contribution in [1.29, 1.82) is 0 Å². The van der Waals surface area contributed by atoms with Gasteiger partial charge in [-0.1, -0.05) is 203 Å². The minimum Gasteiger partial charge on any atom is -0.314 e. The second kappa shape index (κ2) is 18.0. The van der Waals surface area contributed by atoms with Crippen molar-refractivity contribution in [2.45, 2.75) is 74.5 Å². The number of thioether (sulfide) groups is 1. The minimum atomic E-state index is -0.639. The fourth-order valence-electron chi connectivity index (χ4n) is 16.0. The first kappa shape index (κ1) is 48.6. The third-order valence-electron chi connectivity index (χ3n) is 19.6. The predicted octanol–water partition coefficient (Wildman–Crippen LogP) is 21.1. The van der Waals surface area contributed by atoms with E-state index in [1.165, 1.54) is 132 Å². The molecule has 3 nitrogen and oxygen atoms in total. The molecule has 0 saturated heterocycles. The largest absolute Gasteiger partial charge is 0.314 e. The topological polar surface area (TPSA) is 11.4 Å². The van der Waals surface area contributed by atoms with Gasteiger partial charge in [-0.15, -0.1) is 0 Å². The van der Waals surface area contributed by atoms with Crippen molar-refractivity contribution >= 4 is 67.6 Å². The summed E-state index contributed by atoms with van der Waals surface area (Å²) >= 11 is 1.96. The van der Waals surface area contributed by atoms with E-state index in [1.54, 1.807) is 0 Å². The molecule has 1 atom stereocenters. The molecule has 83 heavy (non-hydrogen) atoms. The van der Waals surface area contributed by atoms with Crippen LogP contribution in [0, 0.1) is 0 Å². The molecule has 0 N–H and O–H groups in total. The van der Waals surface area contributed by atoms with E-state index >= 15 is 0 Å². The lowest BCUT2D eigenvalue weighted by Crippen LogP contribution is -2.34. The van der Waals surface area contributed by atoms with Crippen molar-refractivity contribution in [3.8, 4) is 27.9 Å². The van der Waals surface area contributed by atoms with Crippen LogP contribution >= 0.6 is 11.8 Å². The highest BCUT2D eigenvalue weighted by Crippen LogP contribution is 2.68. The number of hydrogen-bond donors (Lipinski definition) is 0. The molecule has 4 heteroatoms. The summed E-state index contributed by atoms with van der Waals surface area (Å²) in [7, 11) is 0. The van der Waals surface area contributed by atoms with Gasteiger partial charge in [-0.25, -0.2) is 0 Å². The standard InChI is InChI=1S/C79H61N3S/c1-77(2)63-33-17-14-30-56(63)58-43-40-53(46-67(58)77)80(50-24-8-5-9-25-50)54-42-45-61-69(48-54)79(65-35-19-22-38-72(65)83-73-39-23-20-36-66(73)79)70-49-62-60-32-16-21-37-71(60)82(52-28-12-7-13-29-52)75(62)76(74(61)70)81(51-26-10-6-11-27-51)55-41-44-59-57-31-15-18-34-64(57)78(3,4)68(59)47-55/h5-19,21-35,37-39,41-42,44-49H,20,36,40,43H2,1-4H3. The molecule has 17 rings (SSSR count). The van der Waals surface area contributed by atoms with E-state index in [0.29, 0.717) is 0 Å². The zero-order valence-electron chi connectivity index (χ0n) is 47.2. The second-order valence-corrected chi connectivity index (χ2v) is 25.6. The quantitative estimate of drug-likeness (QED) is 0.158. The molecule has 1 spiro atoms. The molecule has 0 saturated carbocycles. The van der Waals surface area contributed by atoms with Crippen LogP contribution in [-0.2, 0) is 16.2 Å². The molecule has 398 valence electrons. The SMILES string of the molecule is CC1(C)C2=C(CCC(N(c3ccccc3)c3ccc4c(c3)C3(C5=C(C=CCC5)Sc5ccccc53)c3cc5c6ccccc6n(-c6ccccc6)c5c(N(c5ccccc5)c5ccc6c(c5)C(C)(C)c5ccccc5-6)c3-4)=C2)c2ccccc21. The Morgan fingerprint density at radius 1 is 0.446 bits per heavy atom. The van der Waals surface area contributed by atoms with E-state index in [-0.39, 0.29) is 10.8 Å². The van der Waals surface area contributed by atoms with Crippen LogP contribution in [0.25, 0.3) is 55.3 Å². The van der Waals surface area contributed by atoms with Gasteiger partial charge in [-0.3, -0.25) is 0 Å². The third-order valence-corrected chi connectivity index (χ3v) is 20.8. The first-order valence-corrected chi connectivity index (χ1v) is 30.5. The molecule has 1 aliphatic heterocycles. The van der Waals surface area contributed by atoms with Gasteiger partial charge in [0.1, 0.15) is 0 Å². The second-order valence-electron chi connectivity index (χ2n) is 24.5. The number of nitrogens with zero attached hydrogens (tertiary/aromatic N) is 3. The number of hydrogen-bond acceptors (Lipinski definition) is 3. The molecule has 0 amide bonds. The van der Waals surface area contributed by atoms with E-state index in [4.69, 9.17) is 0 Å². The minimum absolute atomic E-state index is 0.114. The van der Waals surface area contributed by atoms with Crippen LogP contribution in [0.3, 0.4) is 0 Å². The highest BCUT2D eigenvalue weighted by atomic mass is 32.2. The van der Waals surface area contributed by atoms with Crippen LogP contribution in [0.5, 0.6) is 0 Å². The van der Waals surface area contributed by atoms with E-state index in [1.807, 2.05) is 11.8 Å². The highest BCUT2D eigenvalue weighted by Gasteiger charge is 2.54. The summed E-state index contributed by atoms with van der Waals surface area (Å²) in [5.41, 5.74) is 28.9. The van der Waals surface area contributed by atoms with Crippen LogP contribution in [0.1, 0.15) is 92.3 Å². The Morgan fingerprint density at radius 2 is 1.05 bits per heavy atom. The average Bonchev–Trinajstić information content (AvgIpc) is 1.60. The van der Waals surface area contributed by atoms with Gasteiger partial charge in [0, 0.05) is 71.1 Å². The van der Waals surface area contributed by atoms with Crippen molar-refractivity contribution in [2.24, 2.45) is 0 Å². The van der Waals surface area contributed by atoms with Gasteiger partial charge in [0.2, 0.25) is 0 Å². The molecule has 10 aromatic carbocycles. The first-order valence-electron chi connectivity index (χ1n) is 29.7. The molecule has 6 aliphatic rings. The van der Waals surface area contributed by atoms with Crippen molar-refractivity contribution in [2.75, 3.05) is 9.80 Å². The Labute approximate surface area is 490 Å². The van der Waals surface area contributed by atoms with Gasteiger partial charge in [-0.05, 0) is 183 Å². The van der Waals surface area contributed by atoms with E-state index < -0.39 is 5.41 Å². The van der Waals surface area contributed by atoms with Crippen LogP contribution in [0.15, 0.2) is 275 Å². The van der Waals surface area contributed by atoms with Crippen molar-refractivity contribution in [3.05, 3.63) is 309 Å². The summed E-state index contributed by atoms with van der Waals surface area (Å²) < 4.78 is 2.57. The Bertz CT molecular complexity index is 4700. The number of benzene rings is 10. The molecule has 0 bridgehead atoms. The first-order chi connectivity index (χ1) is 40.7. The molecular formula is C79H61N3S. The molecule has 1 aromatic heterocycles. The highest BCUT2D eigenvalue weighted by molar-refractivity contribution is 8.03. The van der Waals surface area contributed by atoms with Crippen molar-refractivity contribution in [3.63, 3.8) is 0 Å². The number of allylic oxidation sites excluding steroid dienone is 7. The normalized spacial score (nSPS) is 18.0. The summed E-state index contributed by atoms with van der Waals surface area (Å²) in [6, 6.07) is 87.8. The lowest BCUT2D eigenvalue weighted by atomic mass is 9.64. The monoisotopic (exact) mass is 1080 g/mol. The number of aromatic nitrogens is 1. The van der Waals surface area contributed by atoms with Crippen molar-refractivity contribution < 1.29 is 0 Å². The van der Waals surface area contributed by atoms with Crippen molar-refractivity contribution in [1.82, 2.24) is 4.57 Å². The van der Waals surface area contributed by atoms with Gasteiger partial charge < -0.3 is 14.4 Å². The maximum Gasteiger partial charge on any atom is 0.0791 e. The Kier molecular flexibility index (Phi) is 10.5. The van der Waals surface area contributed by atoms with Gasteiger partial charge >= 0.3 is 0 Å². The zero-order valence-corrected chi connectivity index (χ0v) is 48.1. The average molecular weight is 1080 g/mol. The van der Waals surface area contributed by atoms with Crippen LogP contribution in [0.4, 0.5) is 28.4 Å². The van der Waals surface area contributed by atoms with E-state index in [0.717, 1.165) is 42.7 Å². The molecule has 0 radical (unpaired) electrons. The van der Waals surface area contributed by atoms with Crippen LogP contribution in [0.2, 0.25) is 0 Å². The summed E-state index contributed by atoms with van der Waals surface area (Å²) in [5.74, 6) is 0. The molecular weight excluding hydrogens is 1020 g/mol. The van der Waals surface area contributed by atoms with Crippen LogP contribution < -0.4 is 9.80 Å². The lowest BCUT2D eigenvalue weighted by Gasteiger charge is -2.43. The number of fused-ring (bicyclic) bond motifs is 16. The lowest BCUT2D eigenvalue weighted by molar-refractivity contribution is 0.648. The fourth-order valence-corrected chi connectivity index (χ4v) is 17.2. The fraction of sp³-hybridized carbons (Fsp3) is 0.139. The van der Waals surface area contributed by atoms with Gasteiger partial charge in [0.15, 0.2) is 0 Å². The zero-order chi connectivity index (χ0) is 55.3. The molecule has 1 unspecified atom stereocenters. The summed E-state index contributed by atoms with van der Waals surface area (Å²) in [6.45, 7) is 9.66. The van der Waals surface area contributed by atoms with Gasteiger partial charge in [0.25, 0.3) is 0 Å². The summed E-state index contributed by atoms with van der Waals surface area (Å²) in [4.78, 5) is 7.93. The summed E-state index contributed by atoms with van der Waals surface area (Å²) in [6.07, 6.45) is 11.3. The van der Waals surface area contributed by atoms with Gasteiger partial charge in [0.05, 0.1) is 22.1 Å². The van der Waals surface area contributed by atoms with Crippen LogP contribution in [-0.4, -0.2) is 4.57 Å². The molecule has 0 fully saturated rings. The van der Waals surface area contributed by atoms with E-state index in [2.05, 4.69) is 291 Å².